The minimum atomic E-state index is -3.84. The summed E-state index contributed by atoms with van der Waals surface area (Å²) in [6.07, 6.45) is 0. The van der Waals surface area contributed by atoms with Gasteiger partial charge in [-0.05, 0) is 45.0 Å². The number of hydrogen-bond acceptors (Lipinski definition) is 5. The van der Waals surface area contributed by atoms with Crippen LogP contribution in [0.15, 0.2) is 29.2 Å². The molecule has 1 aromatic heterocycles. The van der Waals surface area contributed by atoms with Crippen molar-refractivity contribution in [1.82, 2.24) is 9.97 Å². The van der Waals surface area contributed by atoms with Crippen LogP contribution < -0.4 is 9.46 Å². The molecule has 118 valence electrons. The van der Waals surface area contributed by atoms with Crippen molar-refractivity contribution in [3.63, 3.8) is 0 Å². The van der Waals surface area contributed by atoms with Crippen LogP contribution in [0.3, 0.4) is 0 Å². The van der Waals surface area contributed by atoms with Crippen molar-refractivity contribution in [3.05, 3.63) is 41.5 Å². The Labute approximate surface area is 128 Å². The highest BCUT2D eigenvalue weighted by Gasteiger charge is 2.18. The molecule has 22 heavy (non-hydrogen) atoms. The molecular formula is C14H16FN3O3S. The molecule has 1 aromatic carbocycles. The van der Waals surface area contributed by atoms with Gasteiger partial charge in [-0.1, -0.05) is 0 Å². The van der Waals surface area contributed by atoms with E-state index in [0.29, 0.717) is 18.0 Å². The summed E-state index contributed by atoms with van der Waals surface area (Å²) in [5.41, 5.74) is 1.18. The number of aromatic nitrogens is 2. The van der Waals surface area contributed by atoms with Crippen LogP contribution in [-0.4, -0.2) is 25.0 Å². The second-order valence-electron chi connectivity index (χ2n) is 4.54. The average molecular weight is 325 g/mol. The van der Waals surface area contributed by atoms with E-state index in [1.807, 2.05) is 0 Å². The molecule has 0 bridgehead atoms. The average Bonchev–Trinajstić information content (AvgIpc) is 2.44. The molecule has 8 heteroatoms. The van der Waals surface area contributed by atoms with Crippen molar-refractivity contribution in [1.29, 1.82) is 0 Å². The number of nitrogens with one attached hydrogen (secondary N) is 1. The predicted octanol–water partition coefficient (Wildman–Crippen LogP) is 2.43. The monoisotopic (exact) mass is 325 g/mol. The van der Waals surface area contributed by atoms with Gasteiger partial charge >= 0.3 is 6.01 Å². The maximum Gasteiger partial charge on any atom is 0.316 e. The Balaban J connectivity index is 2.35. The Bertz CT molecular complexity index is 753. The van der Waals surface area contributed by atoms with Crippen LogP contribution in [0.5, 0.6) is 6.01 Å². The quantitative estimate of drug-likeness (QED) is 0.913. The summed E-state index contributed by atoms with van der Waals surface area (Å²) in [5, 5.41) is 0. The largest absolute Gasteiger partial charge is 0.464 e. The van der Waals surface area contributed by atoms with E-state index >= 15 is 0 Å². The molecule has 0 aliphatic rings. The van der Waals surface area contributed by atoms with Gasteiger partial charge in [0, 0.05) is 0 Å². The predicted molar refractivity (Wildman–Crippen MR) is 79.9 cm³/mol. The number of sulfonamides is 1. The fourth-order valence-corrected chi connectivity index (χ4v) is 3.01. The third-order valence-electron chi connectivity index (χ3n) is 2.88. The van der Waals surface area contributed by atoms with Crippen molar-refractivity contribution in [2.24, 2.45) is 0 Å². The third kappa shape index (κ3) is 3.51. The molecule has 2 rings (SSSR count). The lowest BCUT2D eigenvalue weighted by Gasteiger charge is -2.13. The first kappa shape index (κ1) is 16.2. The Morgan fingerprint density at radius 2 is 1.68 bits per heavy atom. The molecule has 0 aliphatic heterocycles. The number of anilines is 1. The Morgan fingerprint density at radius 3 is 2.18 bits per heavy atom. The minimum absolute atomic E-state index is 0.0402. The van der Waals surface area contributed by atoms with Crippen molar-refractivity contribution in [2.75, 3.05) is 11.3 Å². The van der Waals surface area contributed by atoms with Crippen LogP contribution in [0.1, 0.15) is 18.3 Å². The number of benzene rings is 1. The van der Waals surface area contributed by atoms with E-state index in [2.05, 4.69) is 14.7 Å². The second-order valence-corrected chi connectivity index (χ2v) is 6.23. The van der Waals surface area contributed by atoms with Crippen LogP contribution in [0.2, 0.25) is 0 Å². The molecule has 0 saturated carbocycles. The van der Waals surface area contributed by atoms with E-state index in [4.69, 9.17) is 4.74 Å². The van der Waals surface area contributed by atoms with Gasteiger partial charge in [0.05, 0.1) is 28.6 Å². The number of hydrogen-bond donors (Lipinski definition) is 1. The smallest absolute Gasteiger partial charge is 0.316 e. The Hall–Kier alpha value is -2.22. The zero-order valence-electron chi connectivity index (χ0n) is 12.4. The number of aryl methyl sites for hydroxylation is 2. The molecule has 1 heterocycles. The van der Waals surface area contributed by atoms with Gasteiger partial charge < -0.3 is 4.74 Å². The molecule has 0 fully saturated rings. The van der Waals surface area contributed by atoms with Gasteiger partial charge in [0.15, 0.2) is 0 Å². The maximum atomic E-state index is 12.9. The topological polar surface area (TPSA) is 81.2 Å². The number of halogens is 1. The van der Waals surface area contributed by atoms with Gasteiger partial charge in [0.1, 0.15) is 5.82 Å². The van der Waals surface area contributed by atoms with Gasteiger partial charge in [0.25, 0.3) is 10.0 Å². The van der Waals surface area contributed by atoms with E-state index in [1.165, 1.54) is 12.1 Å². The molecule has 0 saturated heterocycles. The number of ether oxygens (including phenoxy) is 1. The highest BCUT2D eigenvalue weighted by atomic mass is 32.2. The molecule has 0 amide bonds. The van der Waals surface area contributed by atoms with E-state index < -0.39 is 15.8 Å². The first-order chi connectivity index (χ1) is 10.3. The molecule has 0 unspecified atom stereocenters. The van der Waals surface area contributed by atoms with Gasteiger partial charge in [-0.2, -0.15) is 9.97 Å². The summed E-state index contributed by atoms with van der Waals surface area (Å²) in [6.45, 7) is 5.53. The molecule has 0 spiro atoms. The first-order valence-corrected chi connectivity index (χ1v) is 8.08. The summed E-state index contributed by atoms with van der Waals surface area (Å²) in [4.78, 5) is 8.15. The number of nitrogens with zero attached hydrogens (tertiary/aromatic N) is 2. The standard InChI is InChI=1S/C14H16FN3O3S/c1-4-21-14-16-9(2)13(10(3)17-14)18-22(19,20)12-7-5-11(15)6-8-12/h5-8,18H,4H2,1-3H3. The maximum absolute atomic E-state index is 12.9. The molecule has 0 atom stereocenters. The van der Waals surface area contributed by atoms with Gasteiger partial charge in [-0.15, -0.1) is 0 Å². The van der Waals surface area contributed by atoms with Crippen LogP contribution in [-0.2, 0) is 10.0 Å². The molecule has 0 aliphatic carbocycles. The fourth-order valence-electron chi connectivity index (χ4n) is 1.83. The van der Waals surface area contributed by atoms with Crippen LogP contribution in [0.25, 0.3) is 0 Å². The summed E-state index contributed by atoms with van der Waals surface area (Å²) >= 11 is 0. The highest BCUT2D eigenvalue weighted by molar-refractivity contribution is 7.92. The molecule has 6 nitrogen and oxygen atoms in total. The summed E-state index contributed by atoms with van der Waals surface area (Å²) in [6, 6.07) is 4.75. The zero-order valence-corrected chi connectivity index (χ0v) is 13.2. The third-order valence-corrected chi connectivity index (χ3v) is 4.25. The van der Waals surface area contributed by atoms with Crippen molar-refractivity contribution >= 4 is 15.7 Å². The van der Waals surface area contributed by atoms with Gasteiger partial charge in [0.2, 0.25) is 0 Å². The van der Waals surface area contributed by atoms with Gasteiger partial charge in [-0.25, -0.2) is 12.8 Å². The highest BCUT2D eigenvalue weighted by Crippen LogP contribution is 2.23. The van der Waals surface area contributed by atoms with Gasteiger partial charge in [-0.3, -0.25) is 4.72 Å². The van der Waals surface area contributed by atoms with E-state index in [9.17, 15) is 12.8 Å². The Kier molecular flexibility index (Phi) is 4.60. The van der Waals surface area contributed by atoms with Crippen molar-refractivity contribution in [3.8, 4) is 6.01 Å². The van der Waals surface area contributed by atoms with E-state index in [1.54, 1.807) is 20.8 Å². The summed E-state index contributed by atoms with van der Waals surface area (Å²) in [7, 11) is -3.84. The number of rotatable bonds is 5. The van der Waals surface area contributed by atoms with Crippen molar-refractivity contribution < 1.29 is 17.5 Å². The minimum Gasteiger partial charge on any atom is -0.464 e. The summed E-state index contributed by atoms with van der Waals surface area (Å²) < 4.78 is 45.2. The molecule has 0 radical (unpaired) electrons. The van der Waals surface area contributed by atoms with E-state index in [-0.39, 0.29) is 16.6 Å². The molecule has 1 N–H and O–H groups in total. The normalized spacial score (nSPS) is 11.3. The molecular weight excluding hydrogens is 309 g/mol. The first-order valence-electron chi connectivity index (χ1n) is 6.60. The lowest BCUT2D eigenvalue weighted by atomic mass is 10.3. The lowest BCUT2D eigenvalue weighted by Crippen LogP contribution is -2.16. The van der Waals surface area contributed by atoms with Crippen LogP contribution in [0, 0.1) is 19.7 Å². The molecule has 2 aromatic rings. The van der Waals surface area contributed by atoms with Crippen LogP contribution in [0.4, 0.5) is 10.1 Å². The van der Waals surface area contributed by atoms with Crippen molar-refractivity contribution in [2.45, 2.75) is 25.7 Å². The Morgan fingerprint density at radius 1 is 1.14 bits per heavy atom. The summed E-state index contributed by atoms with van der Waals surface area (Å²) in [5.74, 6) is -0.504. The van der Waals surface area contributed by atoms with E-state index in [0.717, 1.165) is 12.1 Å². The lowest BCUT2D eigenvalue weighted by molar-refractivity contribution is 0.311. The van der Waals surface area contributed by atoms with Crippen LogP contribution >= 0.6 is 0 Å². The fraction of sp³-hybridized carbons (Fsp3) is 0.286. The second kappa shape index (κ2) is 6.27. The zero-order chi connectivity index (χ0) is 16.3. The SMILES string of the molecule is CCOc1nc(C)c(NS(=O)(=O)c2ccc(F)cc2)c(C)n1.